The predicted molar refractivity (Wildman–Crippen MR) is 112 cm³/mol. The summed E-state index contributed by atoms with van der Waals surface area (Å²) in [5.41, 5.74) is 2.10. The van der Waals surface area contributed by atoms with Crippen molar-refractivity contribution in [3.05, 3.63) is 70.9 Å². The normalized spacial score (nSPS) is 11.7. The third-order valence-electron chi connectivity index (χ3n) is 3.80. The number of rotatable bonds is 6. The molecular weight excluding hydrogens is 352 g/mol. The van der Waals surface area contributed by atoms with Gasteiger partial charge in [0.05, 0.1) is 6.61 Å². The number of carbonyl (C=O) groups excluding carboxylic acids is 2. The summed E-state index contributed by atoms with van der Waals surface area (Å²) in [6.45, 7) is 10.1. The Morgan fingerprint density at radius 3 is 2.14 bits per heavy atom. The van der Waals surface area contributed by atoms with Gasteiger partial charge in [-0.1, -0.05) is 29.8 Å². The third-order valence-corrected chi connectivity index (χ3v) is 3.80. The van der Waals surface area contributed by atoms with Crippen LogP contribution < -0.4 is 15.4 Å². The Morgan fingerprint density at radius 1 is 1.00 bits per heavy atom. The summed E-state index contributed by atoms with van der Waals surface area (Å²) in [4.78, 5) is 25.3. The van der Waals surface area contributed by atoms with Gasteiger partial charge in [-0.05, 0) is 70.5 Å². The number of ether oxygens (including phenoxy) is 1. The van der Waals surface area contributed by atoms with Crippen molar-refractivity contribution < 1.29 is 14.3 Å². The van der Waals surface area contributed by atoms with Crippen molar-refractivity contribution in [1.82, 2.24) is 10.6 Å². The molecule has 2 aromatic carbocycles. The molecule has 0 saturated heterocycles. The standard InChI is InChI=1S/C23H28N2O3/c1-6-28-19-13-9-17(10-14-19)15-20(22(27)25-23(3,4)5)24-21(26)18-11-7-16(2)8-12-18/h7-15H,6H2,1-5H3,(H,24,26)(H,25,27)/b20-15-. The smallest absolute Gasteiger partial charge is 0.268 e. The zero-order chi connectivity index (χ0) is 20.7. The lowest BCUT2D eigenvalue weighted by molar-refractivity contribution is -0.119. The average Bonchev–Trinajstić information content (AvgIpc) is 2.62. The van der Waals surface area contributed by atoms with Crippen LogP contribution in [0.2, 0.25) is 0 Å². The second-order valence-electron chi connectivity index (χ2n) is 7.58. The van der Waals surface area contributed by atoms with Crippen molar-refractivity contribution in [1.29, 1.82) is 0 Å². The number of hydrogen-bond acceptors (Lipinski definition) is 3. The molecule has 2 N–H and O–H groups in total. The summed E-state index contributed by atoms with van der Waals surface area (Å²) in [7, 11) is 0. The molecule has 5 nitrogen and oxygen atoms in total. The molecule has 0 unspecified atom stereocenters. The Kier molecular flexibility index (Phi) is 6.99. The van der Waals surface area contributed by atoms with Crippen LogP contribution in [0, 0.1) is 6.92 Å². The molecule has 2 aromatic rings. The first-order chi connectivity index (χ1) is 13.2. The molecule has 0 aliphatic heterocycles. The van der Waals surface area contributed by atoms with Gasteiger partial charge in [-0.25, -0.2) is 0 Å². The predicted octanol–water partition coefficient (Wildman–Crippen LogP) is 4.08. The zero-order valence-corrected chi connectivity index (χ0v) is 17.1. The van der Waals surface area contributed by atoms with Gasteiger partial charge in [0.2, 0.25) is 0 Å². The SMILES string of the molecule is CCOc1ccc(/C=C(\NC(=O)c2ccc(C)cc2)C(=O)NC(C)(C)C)cc1. The molecule has 0 spiro atoms. The van der Waals surface area contributed by atoms with Gasteiger partial charge in [0, 0.05) is 11.1 Å². The Hall–Kier alpha value is -3.08. The highest BCUT2D eigenvalue weighted by atomic mass is 16.5. The van der Waals surface area contributed by atoms with Crippen LogP contribution in [0.4, 0.5) is 0 Å². The van der Waals surface area contributed by atoms with Crippen molar-refractivity contribution in [3.8, 4) is 5.75 Å². The third kappa shape index (κ3) is 6.58. The van der Waals surface area contributed by atoms with Crippen molar-refractivity contribution in [2.75, 3.05) is 6.61 Å². The molecule has 28 heavy (non-hydrogen) atoms. The Morgan fingerprint density at radius 2 is 1.61 bits per heavy atom. The molecule has 5 heteroatoms. The zero-order valence-electron chi connectivity index (χ0n) is 17.1. The maximum atomic E-state index is 12.7. The molecule has 2 rings (SSSR count). The van der Waals surface area contributed by atoms with Crippen LogP contribution in [-0.2, 0) is 4.79 Å². The van der Waals surface area contributed by atoms with E-state index >= 15 is 0 Å². The van der Waals surface area contributed by atoms with Gasteiger partial charge in [0.1, 0.15) is 11.4 Å². The quantitative estimate of drug-likeness (QED) is 0.742. The number of aryl methyl sites for hydroxylation is 1. The van der Waals surface area contributed by atoms with Crippen LogP contribution >= 0.6 is 0 Å². The minimum absolute atomic E-state index is 0.185. The first-order valence-electron chi connectivity index (χ1n) is 9.33. The monoisotopic (exact) mass is 380 g/mol. The summed E-state index contributed by atoms with van der Waals surface area (Å²) >= 11 is 0. The Bertz CT molecular complexity index is 845. The summed E-state index contributed by atoms with van der Waals surface area (Å²) in [5, 5.41) is 5.63. The van der Waals surface area contributed by atoms with E-state index in [0.717, 1.165) is 16.9 Å². The van der Waals surface area contributed by atoms with E-state index < -0.39 is 5.54 Å². The van der Waals surface area contributed by atoms with E-state index in [1.807, 2.05) is 71.0 Å². The van der Waals surface area contributed by atoms with Crippen molar-refractivity contribution in [2.45, 2.75) is 40.2 Å². The van der Waals surface area contributed by atoms with Gasteiger partial charge < -0.3 is 15.4 Å². The molecule has 0 radical (unpaired) electrons. The lowest BCUT2D eigenvalue weighted by atomic mass is 10.1. The number of amides is 2. The van der Waals surface area contributed by atoms with E-state index in [1.54, 1.807) is 18.2 Å². The minimum atomic E-state index is -0.427. The molecule has 148 valence electrons. The van der Waals surface area contributed by atoms with E-state index in [9.17, 15) is 9.59 Å². The average molecular weight is 380 g/mol. The van der Waals surface area contributed by atoms with Crippen LogP contribution in [0.15, 0.2) is 54.2 Å². The van der Waals surface area contributed by atoms with Gasteiger partial charge in [-0.2, -0.15) is 0 Å². The van der Waals surface area contributed by atoms with Gasteiger partial charge in [0.25, 0.3) is 11.8 Å². The second kappa shape index (κ2) is 9.22. The highest BCUT2D eigenvalue weighted by Crippen LogP contribution is 2.15. The molecule has 0 heterocycles. The Labute approximate surface area is 166 Å². The maximum absolute atomic E-state index is 12.7. The topological polar surface area (TPSA) is 67.4 Å². The van der Waals surface area contributed by atoms with Crippen molar-refractivity contribution in [2.24, 2.45) is 0 Å². The van der Waals surface area contributed by atoms with Gasteiger partial charge >= 0.3 is 0 Å². The van der Waals surface area contributed by atoms with Gasteiger partial charge in [-0.15, -0.1) is 0 Å². The summed E-state index contributed by atoms with van der Waals surface area (Å²) < 4.78 is 5.44. The second-order valence-corrected chi connectivity index (χ2v) is 7.58. The van der Waals surface area contributed by atoms with Gasteiger partial charge in [0.15, 0.2) is 0 Å². The number of nitrogens with one attached hydrogen (secondary N) is 2. The summed E-state index contributed by atoms with van der Waals surface area (Å²) in [6.07, 6.45) is 1.66. The fourth-order valence-corrected chi connectivity index (χ4v) is 2.46. The highest BCUT2D eigenvalue weighted by molar-refractivity contribution is 6.05. The largest absolute Gasteiger partial charge is 0.494 e. The fraction of sp³-hybridized carbons (Fsp3) is 0.304. The van der Waals surface area contributed by atoms with Crippen molar-refractivity contribution >= 4 is 17.9 Å². The molecule has 0 atom stereocenters. The summed E-state index contributed by atoms with van der Waals surface area (Å²) in [5.74, 6) is 0.0760. The number of carbonyl (C=O) groups is 2. The maximum Gasteiger partial charge on any atom is 0.268 e. The molecule has 2 amide bonds. The van der Waals surface area contributed by atoms with Crippen molar-refractivity contribution in [3.63, 3.8) is 0 Å². The van der Waals surface area contributed by atoms with E-state index in [2.05, 4.69) is 10.6 Å². The van der Waals surface area contributed by atoms with Crippen LogP contribution in [-0.4, -0.2) is 24.0 Å². The highest BCUT2D eigenvalue weighted by Gasteiger charge is 2.19. The molecule has 0 saturated carbocycles. The number of hydrogen-bond donors (Lipinski definition) is 2. The lowest BCUT2D eigenvalue weighted by Crippen LogP contribution is -2.44. The lowest BCUT2D eigenvalue weighted by Gasteiger charge is -2.22. The minimum Gasteiger partial charge on any atom is -0.494 e. The number of benzene rings is 2. The molecular formula is C23H28N2O3. The van der Waals surface area contributed by atoms with E-state index in [4.69, 9.17) is 4.74 Å². The van der Waals surface area contributed by atoms with Crippen LogP contribution in [0.25, 0.3) is 6.08 Å². The van der Waals surface area contributed by atoms with Crippen LogP contribution in [0.5, 0.6) is 5.75 Å². The van der Waals surface area contributed by atoms with E-state index in [1.165, 1.54) is 0 Å². The Balaban J connectivity index is 2.29. The first kappa shape index (κ1) is 21.2. The van der Waals surface area contributed by atoms with Crippen LogP contribution in [0.1, 0.15) is 49.2 Å². The van der Waals surface area contributed by atoms with Gasteiger partial charge in [-0.3, -0.25) is 9.59 Å². The summed E-state index contributed by atoms with van der Waals surface area (Å²) in [6, 6.07) is 14.5. The van der Waals surface area contributed by atoms with Crippen LogP contribution in [0.3, 0.4) is 0 Å². The molecule has 0 fully saturated rings. The van der Waals surface area contributed by atoms with E-state index in [-0.39, 0.29) is 17.5 Å². The molecule has 0 bridgehead atoms. The molecule has 0 aromatic heterocycles. The fourth-order valence-electron chi connectivity index (χ4n) is 2.46. The first-order valence-corrected chi connectivity index (χ1v) is 9.33. The molecule has 0 aliphatic carbocycles. The van der Waals surface area contributed by atoms with E-state index in [0.29, 0.717) is 12.2 Å². The molecule has 0 aliphatic rings.